The molecular formula is C15H21FN4. The largest absolute Gasteiger partial charge is 0.367 e. The molecule has 1 aliphatic heterocycles. The predicted octanol–water partition coefficient (Wildman–Crippen LogP) is 1.58. The van der Waals surface area contributed by atoms with Gasteiger partial charge in [-0.2, -0.15) is 5.26 Å². The highest BCUT2D eigenvalue weighted by Gasteiger charge is 2.22. The molecule has 0 spiro atoms. The van der Waals surface area contributed by atoms with E-state index in [1.807, 2.05) is 12.1 Å². The number of piperazine rings is 1. The van der Waals surface area contributed by atoms with E-state index in [-0.39, 0.29) is 5.82 Å². The van der Waals surface area contributed by atoms with E-state index in [0.29, 0.717) is 12.1 Å². The fraction of sp³-hybridized carbons (Fsp3) is 0.533. The molecule has 5 heteroatoms. The maximum absolute atomic E-state index is 13.7. The van der Waals surface area contributed by atoms with Gasteiger partial charge in [0.2, 0.25) is 0 Å². The maximum atomic E-state index is 13.7. The summed E-state index contributed by atoms with van der Waals surface area (Å²) >= 11 is 0. The maximum Gasteiger partial charge on any atom is 0.146 e. The first kappa shape index (κ1) is 14.8. The third-order valence-electron chi connectivity index (χ3n) is 3.77. The van der Waals surface area contributed by atoms with Crippen molar-refractivity contribution < 1.29 is 4.39 Å². The third-order valence-corrected chi connectivity index (χ3v) is 3.77. The first-order valence-electron chi connectivity index (χ1n) is 6.94. The number of rotatable bonds is 4. The van der Waals surface area contributed by atoms with Gasteiger partial charge >= 0.3 is 0 Å². The Morgan fingerprint density at radius 1 is 1.30 bits per heavy atom. The molecule has 1 aliphatic rings. The Morgan fingerprint density at radius 3 is 2.55 bits per heavy atom. The monoisotopic (exact) mass is 276 g/mol. The Hall–Kier alpha value is -1.64. The van der Waals surface area contributed by atoms with E-state index < -0.39 is 5.54 Å². The van der Waals surface area contributed by atoms with Gasteiger partial charge in [0, 0.05) is 32.7 Å². The lowest BCUT2D eigenvalue weighted by Crippen LogP contribution is -2.48. The SMILES string of the molecule is CC(N)(C#N)CCN1CCN(c2ccccc2F)CC1. The number of para-hydroxylation sites is 1. The van der Waals surface area contributed by atoms with Crippen LogP contribution in [0.25, 0.3) is 0 Å². The molecule has 0 radical (unpaired) electrons. The summed E-state index contributed by atoms with van der Waals surface area (Å²) in [6.45, 7) is 5.91. The van der Waals surface area contributed by atoms with Crippen molar-refractivity contribution in [2.24, 2.45) is 5.73 Å². The van der Waals surface area contributed by atoms with E-state index in [1.54, 1.807) is 13.0 Å². The van der Waals surface area contributed by atoms with E-state index in [1.165, 1.54) is 6.07 Å². The molecule has 1 atom stereocenters. The van der Waals surface area contributed by atoms with Crippen molar-refractivity contribution in [1.82, 2.24) is 4.90 Å². The Bertz CT molecular complexity index is 487. The molecule has 108 valence electrons. The molecule has 1 saturated heterocycles. The van der Waals surface area contributed by atoms with Crippen LogP contribution in [0.2, 0.25) is 0 Å². The van der Waals surface area contributed by atoms with Gasteiger partial charge in [-0.3, -0.25) is 4.90 Å². The van der Waals surface area contributed by atoms with E-state index in [4.69, 9.17) is 11.0 Å². The van der Waals surface area contributed by atoms with Crippen molar-refractivity contribution in [1.29, 1.82) is 5.26 Å². The van der Waals surface area contributed by atoms with Crippen molar-refractivity contribution in [2.45, 2.75) is 18.9 Å². The van der Waals surface area contributed by atoms with Crippen LogP contribution in [-0.4, -0.2) is 43.2 Å². The van der Waals surface area contributed by atoms with Gasteiger partial charge in [-0.05, 0) is 25.5 Å². The van der Waals surface area contributed by atoms with Gasteiger partial charge in [0.1, 0.15) is 11.4 Å². The van der Waals surface area contributed by atoms with Crippen LogP contribution in [0.5, 0.6) is 0 Å². The highest BCUT2D eigenvalue weighted by atomic mass is 19.1. The zero-order valence-electron chi connectivity index (χ0n) is 11.8. The minimum atomic E-state index is -0.761. The summed E-state index contributed by atoms with van der Waals surface area (Å²) in [7, 11) is 0. The summed E-state index contributed by atoms with van der Waals surface area (Å²) in [4.78, 5) is 4.34. The number of hydrogen-bond donors (Lipinski definition) is 1. The van der Waals surface area contributed by atoms with Gasteiger partial charge in [0.25, 0.3) is 0 Å². The zero-order valence-corrected chi connectivity index (χ0v) is 11.8. The number of nitrogens with two attached hydrogens (primary N) is 1. The first-order chi connectivity index (χ1) is 9.52. The fourth-order valence-electron chi connectivity index (χ4n) is 2.37. The number of anilines is 1. The molecule has 0 aliphatic carbocycles. The molecule has 0 saturated carbocycles. The second-order valence-electron chi connectivity index (χ2n) is 5.56. The summed E-state index contributed by atoms with van der Waals surface area (Å²) in [5, 5.41) is 8.90. The first-order valence-corrected chi connectivity index (χ1v) is 6.94. The van der Waals surface area contributed by atoms with Crippen molar-refractivity contribution >= 4 is 5.69 Å². The van der Waals surface area contributed by atoms with Gasteiger partial charge in [-0.1, -0.05) is 12.1 Å². The number of benzene rings is 1. The predicted molar refractivity (Wildman–Crippen MR) is 77.9 cm³/mol. The molecule has 2 N–H and O–H groups in total. The van der Waals surface area contributed by atoms with Crippen LogP contribution in [0.15, 0.2) is 24.3 Å². The van der Waals surface area contributed by atoms with Crippen LogP contribution in [-0.2, 0) is 0 Å². The van der Waals surface area contributed by atoms with Gasteiger partial charge in [-0.15, -0.1) is 0 Å². The number of hydrogen-bond acceptors (Lipinski definition) is 4. The second-order valence-corrected chi connectivity index (χ2v) is 5.56. The molecule has 4 nitrogen and oxygen atoms in total. The Kier molecular flexibility index (Phi) is 4.58. The van der Waals surface area contributed by atoms with E-state index >= 15 is 0 Å². The highest BCUT2D eigenvalue weighted by molar-refractivity contribution is 5.47. The van der Waals surface area contributed by atoms with Crippen LogP contribution >= 0.6 is 0 Å². The van der Waals surface area contributed by atoms with Crippen molar-refractivity contribution in [3.63, 3.8) is 0 Å². The van der Waals surface area contributed by atoms with Gasteiger partial charge in [0.15, 0.2) is 0 Å². The highest BCUT2D eigenvalue weighted by Crippen LogP contribution is 2.20. The summed E-state index contributed by atoms with van der Waals surface area (Å²) in [5.41, 5.74) is 5.74. The van der Waals surface area contributed by atoms with E-state index in [2.05, 4.69) is 15.9 Å². The van der Waals surface area contributed by atoms with Gasteiger partial charge < -0.3 is 10.6 Å². The lowest BCUT2D eigenvalue weighted by molar-refractivity contribution is 0.241. The average Bonchev–Trinajstić information content (AvgIpc) is 2.46. The zero-order chi connectivity index (χ0) is 14.6. The van der Waals surface area contributed by atoms with Crippen molar-refractivity contribution in [3.8, 4) is 6.07 Å². The Morgan fingerprint density at radius 2 is 1.95 bits per heavy atom. The molecule has 1 aromatic rings. The molecule has 20 heavy (non-hydrogen) atoms. The number of nitrogens with zero attached hydrogens (tertiary/aromatic N) is 3. The van der Waals surface area contributed by atoms with Crippen LogP contribution in [0.1, 0.15) is 13.3 Å². The molecule has 0 amide bonds. The molecule has 2 rings (SSSR count). The number of halogens is 1. The van der Waals surface area contributed by atoms with Gasteiger partial charge in [-0.25, -0.2) is 4.39 Å². The molecule has 0 bridgehead atoms. The van der Waals surface area contributed by atoms with Gasteiger partial charge in [0.05, 0.1) is 11.8 Å². The summed E-state index contributed by atoms with van der Waals surface area (Å²) in [6, 6.07) is 8.99. The lowest BCUT2D eigenvalue weighted by atomic mass is 10.0. The molecule has 1 aromatic carbocycles. The molecular weight excluding hydrogens is 255 g/mol. The Labute approximate surface area is 119 Å². The topological polar surface area (TPSA) is 56.3 Å². The Balaban J connectivity index is 1.84. The smallest absolute Gasteiger partial charge is 0.146 e. The molecule has 1 unspecified atom stereocenters. The normalized spacial score (nSPS) is 19.4. The lowest BCUT2D eigenvalue weighted by Gasteiger charge is -2.36. The van der Waals surface area contributed by atoms with Crippen LogP contribution < -0.4 is 10.6 Å². The molecule has 1 fully saturated rings. The van der Waals surface area contributed by atoms with Crippen LogP contribution in [0, 0.1) is 17.1 Å². The van der Waals surface area contributed by atoms with Crippen LogP contribution in [0.4, 0.5) is 10.1 Å². The van der Waals surface area contributed by atoms with Crippen LogP contribution in [0.3, 0.4) is 0 Å². The molecule has 1 heterocycles. The fourth-order valence-corrected chi connectivity index (χ4v) is 2.37. The standard InChI is InChI=1S/C15H21FN4/c1-15(18,12-17)6-7-19-8-10-20(11-9-19)14-5-3-2-4-13(14)16/h2-5H,6-11,18H2,1H3. The van der Waals surface area contributed by atoms with E-state index in [9.17, 15) is 4.39 Å². The quantitative estimate of drug-likeness (QED) is 0.907. The molecule has 0 aromatic heterocycles. The van der Waals surface area contributed by atoms with E-state index in [0.717, 1.165) is 32.7 Å². The summed E-state index contributed by atoms with van der Waals surface area (Å²) in [6.07, 6.45) is 0.656. The minimum absolute atomic E-state index is 0.167. The summed E-state index contributed by atoms with van der Waals surface area (Å²) < 4.78 is 13.7. The van der Waals surface area contributed by atoms with Crippen molar-refractivity contribution in [3.05, 3.63) is 30.1 Å². The summed E-state index contributed by atoms with van der Waals surface area (Å²) in [5.74, 6) is -0.167. The third kappa shape index (κ3) is 3.69. The average molecular weight is 276 g/mol. The second kappa shape index (κ2) is 6.21. The minimum Gasteiger partial charge on any atom is -0.367 e. The van der Waals surface area contributed by atoms with Crippen molar-refractivity contribution in [2.75, 3.05) is 37.6 Å². The number of nitriles is 1.